The van der Waals surface area contributed by atoms with Crippen LogP contribution in [0.5, 0.6) is 0 Å². The van der Waals surface area contributed by atoms with E-state index in [9.17, 15) is 4.79 Å². The lowest BCUT2D eigenvalue weighted by molar-refractivity contribution is 0.0731. The molecule has 0 N–H and O–H groups in total. The van der Waals surface area contributed by atoms with Crippen LogP contribution in [0.3, 0.4) is 0 Å². The number of carbonyl (C=O) groups is 1. The summed E-state index contributed by atoms with van der Waals surface area (Å²) in [6.07, 6.45) is 4.83. The van der Waals surface area contributed by atoms with Gasteiger partial charge < -0.3 is 4.90 Å². The van der Waals surface area contributed by atoms with Crippen LogP contribution in [0.2, 0.25) is 0 Å². The van der Waals surface area contributed by atoms with Gasteiger partial charge in [-0.1, -0.05) is 6.07 Å². The molecule has 114 valence electrons. The highest BCUT2D eigenvalue weighted by molar-refractivity contribution is 7.12. The van der Waals surface area contributed by atoms with E-state index in [4.69, 9.17) is 0 Å². The third-order valence-corrected chi connectivity index (χ3v) is 5.63. The summed E-state index contributed by atoms with van der Waals surface area (Å²) in [6.45, 7) is 3.96. The van der Waals surface area contributed by atoms with Crippen LogP contribution in [0.4, 0.5) is 0 Å². The molecule has 2 saturated heterocycles. The van der Waals surface area contributed by atoms with Crippen molar-refractivity contribution in [1.29, 1.82) is 0 Å². The number of nitrogens with zero attached hydrogens (tertiary/aromatic N) is 3. The quantitative estimate of drug-likeness (QED) is 0.873. The predicted molar refractivity (Wildman–Crippen MR) is 86.8 cm³/mol. The molecule has 2 aromatic heterocycles. The van der Waals surface area contributed by atoms with Gasteiger partial charge in [-0.3, -0.25) is 14.7 Å². The van der Waals surface area contributed by atoms with Crippen molar-refractivity contribution in [3.63, 3.8) is 0 Å². The van der Waals surface area contributed by atoms with E-state index in [1.54, 1.807) is 11.3 Å². The maximum atomic E-state index is 12.6. The summed E-state index contributed by atoms with van der Waals surface area (Å²) in [7, 11) is 0. The molecule has 0 spiro atoms. The van der Waals surface area contributed by atoms with Crippen molar-refractivity contribution in [2.75, 3.05) is 19.6 Å². The number of pyridine rings is 1. The predicted octanol–water partition coefficient (Wildman–Crippen LogP) is 2.49. The van der Waals surface area contributed by atoms with Gasteiger partial charge in [0.25, 0.3) is 5.91 Å². The van der Waals surface area contributed by atoms with Crippen LogP contribution in [-0.4, -0.2) is 46.4 Å². The van der Waals surface area contributed by atoms with E-state index < -0.39 is 0 Å². The van der Waals surface area contributed by atoms with Gasteiger partial charge in [-0.2, -0.15) is 0 Å². The molecule has 2 atom stereocenters. The lowest BCUT2D eigenvalue weighted by Crippen LogP contribution is -2.39. The third kappa shape index (κ3) is 2.55. The van der Waals surface area contributed by atoms with Gasteiger partial charge in [-0.25, -0.2) is 0 Å². The molecule has 0 radical (unpaired) electrons. The Labute approximate surface area is 134 Å². The molecule has 2 aliphatic heterocycles. The van der Waals surface area contributed by atoms with E-state index in [1.165, 1.54) is 5.56 Å². The molecule has 22 heavy (non-hydrogen) atoms. The van der Waals surface area contributed by atoms with Gasteiger partial charge in [0.2, 0.25) is 0 Å². The molecule has 1 amide bonds. The number of amides is 1. The summed E-state index contributed by atoms with van der Waals surface area (Å²) in [4.78, 5) is 22.1. The van der Waals surface area contributed by atoms with Crippen LogP contribution < -0.4 is 0 Å². The molecule has 2 aromatic rings. The van der Waals surface area contributed by atoms with Crippen LogP contribution >= 0.6 is 11.3 Å². The zero-order chi connectivity index (χ0) is 14.9. The summed E-state index contributed by atoms with van der Waals surface area (Å²) in [5, 5.41) is 1.98. The fourth-order valence-corrected chi connectivity index (χ4v) is 4.40. The first-order valence-electron chi connectivity index (χ1n) is 7.77. The first-order chi connectivity index (χ1) is 10.8. The van der Waals surface area contributed by atoms with Crippen molar-refractivity contribution in [3.8, 4) is 0 Å². The minimum absolute atomic E-state index is 0.216. The van der Waals surface area contributed by atoms with Crippen molar-refractivity contribution in [2.24, 2.45) is 5.92 Å². The number of carbonyl (C=O) groups excluding carboxylic acids is 1. The molecule has 5 heteroatoms. The number of fused-ring (bicyclic) bond motifs is 1. The summed E-state index contributed by atoms with van der Waals surface area (Å²) >= 11 is 1.54. The highest BCUT2D eigenvalue weighted by Gasteiger charge is 2.43. The standard InChI is InChI=1S/C17H19N3OS/c21-17(16-2-1-9-22-16)20-8-5-14-11-19(12-15(14)20)10-13-3-6-18-7-4-13/h1-4,6-7,9,14-15H,5,8,10-12H2/t14-,15+/m0/s1. The Bertz CT molecular complexity index is 643. The van der Waals surface area contributed by atoms with Gasteiger partial charge in [0, 0.05) is 44.6 Å². The van der Waals surface area contributed by atoms with Crippen LogP contribution in [-0.2, 0) is 6.54 Å². The van der Waals surface area contributed by atoms with Crippen molar-refractivity contribution >= 4 is 17.2 Å². The first kappa shape index (κ1) is 13.9. The van der Waals surface area contributed by atoms with E-state index in [0.717, 1.165) is 37.5 Å². The average molecular weight is 313 g/mol. The fraction of sp³-hybridized carbons (Fsp3) is 0.412. The molecule has 0 unspecified atom stereocenters. The van der Waals surface area contributed by atoms with E-state index in [-0.39, 0.29) is 5.91 Å². The van der Waals surface area contributed by atoms with E-state index in [0.29, 0.717) is 12.0 Å². The zero-order valence-corrected chi connectivity index (χ0v) is 13.2. The second-order valence-corrected chi connectivity index (χ2v) is 7.09. The van der Waals surface area contributed by atoms with Crippen molar-refractivity contribution < 1.29 is 4.79 Å². The van der Waals surface area contributed by atoms with Crippen molar-refractivity contribution in [2.45, 2.75) is 19.0 Å². The van der Waals surface area contributed by atoms with Crippen LogP contribution in [0, 0.1) is 5.92 Å². The lowest BCUT2D eigenvalue weighted by atomic mass is 10.1. The molecule has 0 bridgehead atoms. The van der Waals surface area contributed by atoms with Gasteiger partial charge in [-0.05, 0) is 41.5 Å². The Hall–Kier alpha value is -1.72. The third-order valence-electron chi connectivity index (χ3n) is 4.77. The number of rotatable bonds is 3. The minimum atomic E-state index is 0.216. The maximum absolute atomic E-state index is 12.6. The van der Waals surface area contributed by atoms with Gasteiger partial charge in [0.15, 0.2) is 0 Å². The van der Waals surface area contributed by atoms with Crippen molar-refractivity contribution in [1.82, 2.24) is 14.8 Å². The lowest BCUT2D eigenvalue weighted by Gasteiger charge is -2.24. The molecule has 0 aliphatic carbocycles. The average Bonchev–Trinajstić information content (AvgIpc) is 3.24. The molecule has 0 saturated carbocycles. The van der Waals surface area contributed by atoms with E-state index in [1.807, 2.05) is 29.9 Å². The number of hydrogen-bond donors (Lipinski definition) is 0. The summed E-state index contributed by atoms with van der Waals surface area (Å²) in [5.74, 6) is 0.846. The normalized spacial score (nSPS) is 24.6. The molecule has 4 nitrogen and oxygen atoms in total. The molecular formula is C17H19N3OS. The molecule has 4 heterocycles. The van der Waals surface area contributed by atoms with Gasteiger partial charge in [-0.15, -0.1) is 11.3 Å². The van der Waals surface area contributed by atoms with Gasteiger partial charge >= 0.3 is 0 Å². The Kier molecular flexibility index (Phi) is 3.68. The monoisotopic (exact) mass is 313 g/mol. The molecular weight excluding hydrogens is 294 g/mol. The minimum Gasteiger partial charge on any atom is -0.333 e. The Morgan fingerprint density at radius 2 is 2.14 bits per heavy atom. The zero-order valence-electron chi connectivity index (χ0n) is 12.4. The van der Waals surface area contributed by atoms with Crippen LogP contribution in [0.15, 0.2) is 42.0 Å². The van der Waals surface area contributed by atoms with Crippen LogP contribution in [0.25, 0.3) is 0 Å². The van der Waals surface area contributed by atoms with Gasteiger partial charge in [0.1, 0.15) is 0 Å². The Morgan fingerprint density at radius 1 is 1.27 bits per heavy atom. The first-order valence-corrected chi connectivity index (χ1v) is 8.65. The molecule has 4 rings (SSSR count). The SMILES string of the molecule is O=C(c1cccs1)N1CC[C@H]2CN(Cc3ccncc3)C[C@H]21. The second-order valence-electron chi connectivity index (χ2n) is 6.14. The molecule has 0 aromatic carbocycles. The summed E-state index contributed by atoms with van der Waals surface area (Å²) in [5.41, 5.74) is 1.30. The summed E-state index contributed by atoms with van der Waals surface area (Å²) in [6, 6.07) is 8.42. The number of aromatic nitrogens is 1. The summed E-state index contributed by atoms with van der Waals surface area (Å²) < 4.78 is 0. The molecule has 2 fully saturated rings. The molecule has 2 aliphatic rings. The smallest absolute Gasteiger partial charge is 0.264 e. The van der Waals surface area contributed by atoms with Crippen LogP contribution in [0.1, 0.15) is 21.7 Å². The van der Waals surface area contributed by atoms with E-state index in [2.05, 4.69) is 26.9 Å². The number of likely N-dealkylation sites (tertiary alicyclic amines) is 2. The van der Waals surface area contributed by atoms with E-state index >= 15 is 0 Å². The Morgan fingerprint density at radius 3 is 2.91 bits per heavy atom. The largest absolute Gasteiger partial charge is 0.333 e. The highest BCUT2D eigenvalue weighted by Crippen LogP contribution is 2.33. The highest BCUT2D eigenvalue weighted by atomic mass is 32.1. The number of hydrogen-bond acceptors (Lipinski definition) is 4. The second kappa shape index (κ2) is 5.82. The Balaban J connectivity index is 1.44. The van der Waals surface area contributed by atoms with Gasteiger partial charge in [0.05, 0.1) is 4.88 Å². The topological polar surface area (TPSA) is 36.4 Å². The maximum Gasteiger partial charge on any atom is 0.264 e. The number of thiophene rings is 1. The van der Waals surface area contributed by atoms with Crippen molar-refractivity contribution in [3.05, 3.63) is 52.5 Å². The fourth-order valence-electron chi connectivity index (χ4n) is 3.72.